The smallest absolute Gasteiger partial charge is 0.407 e. The third-order valence-electron chi connectivity index (χ3n) is 6.33. The minimum absolute atomic E-state index is 0.0561. The molecule has 158 valence electrons. The van der Waals surface area contributed by atoms with Crippen LogP contribution < -0.4 is 5.32 Å². The predicted octanol–water partition coefficient (Wildman–Crippen LogP) is 4.19. The topological polar surface area (TPSA) is 84.9 Å². The fourth-order valence-electron chi connectivity index (χ4n) is 4.54. The van der Waals surface area contributed by atoms with Crippen molar-refractivity contribution in [3.05, 3.63) is 59.7 Å². The number of carboxylic acids is 1. The van der Waals surface area contributed by atoms with Gasteiger partial charge in [-0.1, -0.05) is 55.5 Å². The summed E-state index contributed by atoms with van der Waals surface area (Å²) >= 11 is 0. The van der Waals surface area contributed by atoms with Crippen LogP contribution in [0.15, 0.2) is 48.5 Å². The average Bonchev–Trinajstić information content (AvgIpc) is 3.06. The van der Waals surface area contributed by atoms with Gasteiger partial charge >= 0.3 is 12.1 Å². The molecule has 30 heavy (non-hydrogen) atoms. The second kappa shape index (κ2) is 8.48. The molecule has 2 aromatic carbocycles. The molecule has 1 aliphatic heterocycles. The molecule has 6 heteroatoms. The Labute approximate surface area is 176 Å². The molecule has 1 aliphatic carbocycles. The third-order valence-corrected chi connectivity index (χ3v) is 6.33. The number of hydrogen-bond acceptors (Lipinski definition) is 4. The van der Waals surface area contributed by atoms with Gasteiger partial charge in [0.1, 0.15) is 12.6 Å². The second-order valence-electron chi connectivity index (χ2n) is 8.49. The van der Waals surface area contributed by atoms with Crippen LogP contribution in [0.3, 0.4) is 0 Å². The lowest BCUT2D eigenvalue weighted by molar-refractivity contribution is -0.140. The van der Waals surface area contributed by atoms with E-state index in [1.807, 2.05) is 43.3 Å². The van der Waals surface area contributed by atoms with Gasteiger partial charge in [-0.25, -0.2) is 9.59 Å². The summed E-state index contributed by atoms with van der Waals surface area (Å²) in [7, 11) is 0. The molecule has 6 nitrogen and oxygen atoms in total. The van der Waals surface area contributed by atoms with Crippen LogP contribution in [0, 0.1) is 5.41 Å². The van der Waals surface area contributed by atoms with Crippen molar-refractivity contribution in [3.63, 3.8) is 0 Å². The Morgan fingerprint density at radius 3 is 2.23 bits per heavy atom. The van der Waals surface area contributed by atoms with Crippen LogP contribution >= 0.6 is 0 Å². The lowest BCUT2D eigenvalue weighted by Gasteiger charge is -2.35. The van der Waals surface area contributed by atoms with Crippen molar-refractivity contribution in [3.8, 4) is 11.1 Å². The number of carboxylic acid groups (broad SMARTS) is 1. The minimum Gasteiger partial charge on any atom is -0.480 e. The van der Waals surface area contributed by atoms with Gasteiger partial charge in [0.15, 0.2) is 0 Å². The number of amides is 1. The minimum atomic E-state index is -1.05. The number of nitrogens with one attached hydrogen (secondary N) is 1. The molecule has 0 saturated carbocycles. The van der Waals surface area contributed by atoms with E-state index in [4.69, 9.17) is 9.47 Å². The van der Waals surface area contributed by atoms with Crippen molar-refractivity contribution < 1.29 is 24.2 Å². The molecule has 0 spiro atoms. The van der Waals surface area contributed by atoms with E-state index in [1.54, 1.807) is 0 Å². The second-order valence-corrected chi connectivity index (χ2v) is 8.49. The number of carbonyl (C=O) groups is 2. The molecular weight excluding hydrogens is 382 g/mol. The molecule has 1 atom stereocenters. The van der Waals surface area contributed by atoms with E-state index in [1.165, 1.54) is 0 Å². The highest BCUT2D eigenvalue weighted by Gasteiger charge is 2.35. The fourth-order valence-corrected chi connectivity index (χ4v) is 4.54. The molecule has 2 N–H and O–H groups in total. The maximum absolute atomic E-state index is 12.5. The Morgan fingerprint density at radius 1 is 1.10 bits per heavy atom. The first-order chi connectivity index (χ1) is 14.5. The van der Waals surface area contributed by atoms with Crippen molar-refractivity contribution in [2.75, 3.05) is 19.8 Å². The highest BCUT2D eigenvalue weighted by molar-refractivity contribution is 5.81. The van der Waals surface area contributed by atoms with Crippen LogP contribution in [0.25, 0.3) is 11.1 Å². The molecule has 1 amide bonds. The van der Waals surface area contributed by atoms with Crippen LogP contribution in [0.5, 0.6) is 0 Å². The van der Waals surface area contributed by atoms with Crippen molar-refractivity contribution in [1.82, 2.24) is 5.32 Å². The Kier molecular flexibility index (Phi) is 5.77. The molecule has 1 fully saturated rings. The average molecular weight is 409 g/mol. The Bertz CT molecular complexity index is 889. The van der Waals surface area contributed by atoms with E-state index < -0.39 is 18.1 Å². The number of ether oxygens (including phenoxy) is 2. The number of fused-ring (bicyclic) bond motifs is 3. The van der Waals surface area contributed by atoms with Crippen molar-refractivity contribution in [2.45, 2.75) is 38.1 Å². The molecule has 0 aromatic heterocycles. The van der Waals surface area contributed by atoms with Gasteiger partial charge < -0.3 is 19.9 Å². The predicted molar refractivity (Wildman–Crippen MR) is 112 cm³/mol. The summed E-state index contributed by atoms with van der Waals surface area (Å²) in [6, 6.07) is 15.2. The number of hydrogen-bond donors (Lipinski definition) is 2. The fraction of sp³-hybridized carbons (Fsp3) is 0.417. The van der Waals surface area contributed by atoms with Crippen molar-refractivity contribution in [2.24, 2.45) is 5.41 Å². The highest BCUT2D eigenvalue weighted by atomic mass is 16.5. The Balaban J connectivity index is 1.41. The lowest BCUT2D eigenvalue weighted by atomic mass is 9.77. The van der Waals surface area contributed by atoms with Crippen LogP contribution in [-0.2, 0) is 14.3 Å². The van der Waals surface area contributed by atoms with Crippen LogP contribution in [-0.4, -0.2) is 43.0 Å². The zero-order chi connectivity index (χ0) is 21.1. The zero-order valence-corrected chi connectivity index (χ0v) is 17.1. The quantitative estimate of drug-likeness (QED) is 0.747. The Morgan fingerprint density at radius 2 is 1.67 bits per heavy atom. The SMILES string of the molecule is CC1(C[C@H](NC(=O)OCC2c3ccccc3-c3ccccc32)C(=O)O)CCOCC1. The summed E-state index contributed by atoms with van der Waals surface area (Å²) in [5, 5.41) is 12.2. The van der Waals surface area contributed by atoms with Gasteiger partial charge in [0, 0.05) is 19.1 Å². The van der Waals surface area contributed by atoms with Crippen molar-refractivity contribution in [1.29, 1.82) is 0 Å². The van der Waals surface area contributed by atoms with Crippen LogP contribution in [0.2, 0.25) is 0 Å². The number of aliphatic carboxylic acids is 1. The summed E-state index contributed by atoms with van der Waals surface area (Å²) in [6.07, 6.45) is 1.22. The molecule has 2 aromatic rings. The van der Waals surface area contributed by atoms with Crippen molar-refractivity contribution >= 4 is 12.1 Å². The molecule has 0 radical (unpaired) electrons. The van der Waals surface area contributed by atoms with E-state index in [0.29, 0.717) is 19.6 Å². The molecule has 0 unspecified atom stereocenters. The maximum Gasteiger partial charge on any atom is 0.407 e. The maximum atomic E-state index is 12.5. The van der Waals surface area contributed by atoms with E-state index in [2.05, 4.69) is 17.4 Å². The lowest BCUT2D eigenvalue weighted by Crippen LogP contribution is -2.45. The van der Waals surface area contributed by atoms with Crippen LogP contribution in [0.4, 0.5) is 4.79 Å². The van der Waals surface area contributed by atoms with Gasteiger partial charge in [0.2, 0.25) is 0 Å². The van der Waals surface area contributed by atoms with Gasteiger partial charge in [-0.05, 0) is 46.9 Å². The number of rotatable bonds is 6. The van der Waals surface area contributed by atoms with Gasteiger partial charge in [-0.3, -0.25) is 0 Å². The van der Waals surface area contributed by atoms with Gasteiger partial charge in [0.25, 0.3) is 0 Å². The molecule has 0 bridgehead atoms. The first-order valence-corrected chi connectivity index (χ1v) is 10.4. The number of benzene rings is 2. The van der Waals surface area contributed by atoms with Crippen LogP contribution in [0.1, 0.15) is 43.2 Å². The summed E-state index contributed by atoms with van der Waals surface area (Å²) in [6.45, 7) is 3.45. The van der Waals surface area contributed by atoms with E-state index >= 15 is 0 Å². The Hall–Kier alpha value is -2.86. The first kappa shape index (κ1) is 20.4. The van der Waals surface area contributed by atoms with E-state index in [0.717, 1.165) is 35.1 Å². The molecule has 2 aliphatic rings. The summed E-state index contributed by atoms with van der Waals surface area (Å²) < 4.78 is 10.9. The number of alkyl carbamates (subject to hydrolysis) is 1. The normalized spacial score (nSPS) is 18.2. The van der Waals surface area contributed by atoms with E-state index in [-0.39, 0.29) is 17.9 Å². The largest absolute Gasteiger partial charge is 0.480 e. The summed E-state index contributed by atoms with van der Waals surface area (Å²) in [4.78, 5) is 24.2. The molecule has 1 heterocycles. The first-order valence-electron chi connectivity index (χ1n) is 10.4. The molecular formula is C24H27NO5. The highest BCUT2D eigenvalue weighted by Crippen LogP contribution is 2.44. The van der Waals surface area contributed by atoms with Gasteiger partial charge in [-0.2, -0.15) is 0 Å². The monoisotopic (exact) mass is 409 g/mol. The molecule has 4 rings (SSSR count). The zero-order valence-electron chi connectivity index (χ0n) is 17.1. The molecule has 1 saturated heterocycles. The number of carbonyl (C=O) groups excluding carboxylic acids is 1. The summed E-state index contributed by atoms with van der Waals surface area (Å²) in [5.74, 6) is -1.10. The summed E-state index contributed by atoms with van der Waals surface area (Å²) in [5.41, 5.74) is 4.38. The van der Waals surface area contributed by atoms with Gasteiger partial charge in [0.05, 0.1) is 0 Å². The van der Waals surface area contributed by atoms with E-state index in [9.17, 15) is 14.7 Å². The standard InChI is InChI=1S/C24H27NO5/c1-24(10-12-29-13-11-24)14-21(22(26)27)25-23(28)30-15-20-18-8-4-2-6-16(18)17-7-3-5-9-19(17)20/h2-9,20-21H,10-15H2,1H3,(H,25,28)(H,26,27)/t21-/m0/s1. The third kappa shape index (κ3) is 4.19. The van der Waals surface area contributed by atoms with Gasteiger partial charge in [-0.15, -0.1) is 0 Å².